The van der Waals surface area contributed by atoms with Gasteiger partial charge in [0.15, 0.2) is 5.13 Å². The van der Waals surface area contributed by atoms with E-state index in [-0.39, 0.29) is 41.0 Å². The number of ketones is 1. The minimum Gasteiger partial charge on any atom is -0.497 e. The first-order valence-electron chi connectivity index (χ1n) is 14.2. The molecule has 0 atom stereocenters. The van der Waals surface area contributed by atoms with Crippen LogP contribution in [0.1, 0.15) is 65.9 Å². The zero-order chi connectivity index (χ0) is 31.3. The number of ether oxygens (including phenoxy) is 1. The molecule has 3 aromatic rings. The number of nitrogens with two attached hydrogens (primary N) is 1. The number of nitrogens with one attached hydrogen (secondary N) is 2. The van der Waals surface area contributed by atoms with Crippen molar-refractivity contribution in [1.82, 2.24) is 14.6 Å². The smallest absolute Gasteiger partial charge is 0.212 e. The Morgan fingerprint density at radius 2 is 1.65 bits per heavy atom. The normalized spacial score (nSPS) is 17.4. The van der Waals surface area contributed by atoms with E-state index in [0.717, 1.165) is 22.6 Å². The topological polar surface area (TPSA) is 127 Å². The van der Waals surface area contributed by atoms with Gasteiger partial charge in [0.25, 0.3) is 0 Å². The molecule has 1 saturated carbocycles. The maximum absolute atomic E-state index is 15.1. The second-order valence-electron chi connectivity index (χ2n) is 11.5. The van der Waals surface area contributed by atoms with E-state index in [0.29, 0.717) is 42.9 Å². The molecule has 2 aromatic carbocycles. The Bertz CT molecular complexity index is 1500. The lowest BCUT2D eigenvalue weighted by Gasteiger charge is -2.29. The van der Waals surface area contributed by atoms with Crippen LogP contribution >= 0.6 is 11.3 Å². The van der Waals surface area contributed by atoms with E-state index in [2.05, 4.69) is 15.0 Å². The monoisotopic (exact) mass is 635 g/mol. The third-order valence-corrected chi connectivity index (χ3v) is 10.0. The number of carbonyl (C=O) groups is 1. The Morgan fingerprint density at radius 1 is 1.07 bits per heavy atom. The molecule has 4 rings (SSSR count). The molecule has 13 heteroatoms. The summed E-state index contributed by atoms with van der Waals surface area (Å²) in [6.45, 7) is 4.55. The number of anilines is 2. The molecule has 4 N–H and O–H groups in total. The molecule has 1 aromatic heterocycles. The molecular formula is C30H39F2N5O4S2. The number of methoxy groups -OCH3 is 1. The van der Waals surface area contributed by atoms with Crippen molar-refractivity contribution in [2.75, 3.05) is 31.0 Å². The highest BCUT2D eigenvalue weighted by Gasteiger charge is 2.28. The zero-order valence-corrected chi connectivity index (χ0v) is 26.5. The number of rotatable bonds is 13. The Morgan fingerprint density at radius 3 is 2.23 bits per heavy atom. The van der Waals surface area contributed by atoms with Crippen LogP contribution in [0.25, 0.3) is 0 Å². The summed E-state index contributed by atoms with van der Waals surface area (Å²) in [4.78, 5) is 19.3. The standard InChI is InChI=1S/C30H39F2N5O4S2/c1-18(2)17-43(39,40)36-22-9-7-21(8-10-22)34-30-35-29(33)28(42-30)27(38)26-24(31)13-20(14-25(26)32)16-37(3)15-19-5-11-23(41-4)12-6-19/h5-6,11-14,18,21-22,36H,7-10,15-17,33H2,1-4H3,(H,34,35)/t21-,22-. The van der Waals surface area contributed by atoms with Crippen molar-refractivity contribution < 1.29 is 26.7 Å². The van der Waals surface area contributed by atoms with Crippen molar-refractivity contribution in [3.8, 4) is 5.75 Å². The fraction of sp³-hybridized carbons (Fsp3) is 0.467. The van der Waals surface area contributed by atoms with E-state index >= 15 is 8.78 Å². The summed E-state index contributed by atoms with van der Waals surface area (Å²) in [6.07, 6.45) is 2.68. The molecule has 43 heavy (non-hydrogen) atoms. The molecule has 0 amide bonds. The van der Waals surface area contributed by atoms with E-state index in [1.54, 1.807) is 7.11 Å². The van der Waals surface area contributed by atoms with Gasteiger partial charge in [0, 0.05) is 25.2 Å². The number of hydrogen-bond acceptors (Lipinski definition) is 9. The Labute approximate surface area is 255 Å². The SMILES string of the molecule is COc1ccc(CN(C)Cc2cc(F)c(C(=O)c3sc(N[C@H]4CC[C@H](NS(=O)(=O)CC(C)C)CC4)nc3N)c(F)c2)cc1. The van der Waals surface area contributed by atoms with Crippen LogP contribution in [0, 0.1) is 17.6 Å². The van der Waals surface area contributed by atoms with E-state index < -0.39 is 33.0 Å². The van der Waals surface area contributed by atoms with E-state index in [1.165, 1.54) is 12.1 Å². The van der Waals surface area contributed by atoms with Crippen LogP contribution in [-0.4, -0.2) is 56.1 Å². The van der Waals surface area contributed by atoms with Crippen molar-refractivity contribution in [3.05, 3.63) is 69.6 Å². The van der Waals surface area contributed by atoms with E-state index in [1.807, 2.05) is 50.1 Å². The lowest BCUT2D eigenvalue weighted by molar-refractivity contribution is 0.103. The minimum atomic E-state index is -3.33. The fourth-order valence-electron chi connectivity index (χ4n) is 5.29. The molecule has 0 radical (unpaired) electrons. The van der Waals surface area contributed by atoms with Crippen LogP contribution in [0.5, 0.6) is 5.75 Å². The Balaban J connectivity index is 1.36. The van der Waals surface area contributed by atoms with Crippen LogP contribution in [-0.2, 0) is 23.1 Å². The fourth-order valence-corrected chi connectivity index (χ4v) is 7.91. The number of nitrogens with zero attached hydrogens (tertiary/aromatic N) is 2. The first-order valence-corrected chi connectivity index (χ1v) is 16.7. The number of nitrogen functional groups attached to an aromatic ring is 1. The minimum absolute atomic E-state index is 0.00187. The van der Waals surface area contributed by atoms with Crippen LogP contribution in [0.15, 0.2) is 36.4 Å². The summed E-state index contributed by atoms with van der Waals surface area (Å²) in [5.74, 6) is -2.01. The highest BCUT2D eigenvalue weighted by atomic mass is 32.2. The summed E-state index contributed by atoms with van der Waals surface area (Å²) < 4.78 is 62.7. The van der Waals surface area contributed by atoms with Crippen LogP contribution in [0.2, 0.25) is 0 Å². The summed E-state index contributed by atoms with van der Waals surface area (Å²) >= 11 is 0.951. The number of halogens is 2. The number of carbonyl (C=O) groups excluding carboxylic acids is 1. The molecule has 0 bridgehead atoms. The van der Waals surface area contributed by atoms with Gasteiger partial charge in [-0.15, -0.1) is 0 Å². The molecule has 0 aliphatic heterocycles. The molecule has 0 saturated heterocycles. The molecule has 1 fully saturated rings. The number of benzene rings is 2. The second kappa shape index (κ2) is 14.1. The molecule has 1 heterocycles. The number of thiazole rings is 1. The molecule has 1 aliphatic rings. The van der Waals surface area contributed by atoms with Gasteiger partial charge in [0.2, 0.25) is 15.8 Å². The van der Waals surface area contributed by atoms with Crippen LogP contribution in [0.3, 0.4) is 0 Å². The lowest BCUT2D eigenvalue weighted by atomic mass is 9.92. The highest BCUT2D eigenvalue weighted by Crippen LogP contribution is 2.32. The van der Waals surface area contributed by atoms with Gasteiger partial charge < -0.3 is 15.8 Å². The number of sulfonamides is 1. The van der Waals surface area contributed by atoms with E-state index in [9.17, 15) is 13.2 Å². The van der Waals surface area contributed by atoms with Gasteiger partial charge in [-0.3, -0.25) is 9.69 Å². The first-order chi connectivity index (χ1) is 20.3. The quantitative estimate of drug-likeness (QED) is 0.220. The Kier molecular flexibility index (Phi) is 10.8. The molecule has 0 unspecified atom stereocenters. The van der Waals surface area contributed by atoms with Gasteiger partial charge in [0.05, 0.1) is 18.4 Å². The van der Waals surface area contributed by atoms with Crippen molar-refractivity contribution in [2.24, 2.45) is 5.92 Å². The lowest BCUT2D eigenvalue weighted by Crippen LogP contribution is -2.41. The molecule has 0 spiro atoms. The predicted molar refractivity (Wildman–Crippen MR) is 166 cm³/mol. The largest absolute Gasteiger partial charge is 0.497 e. The third kappa shape index (κ3) is 8.94. The first kappa shape index (κ1) is 32.8. The van der Waals surface area contributed by atoms with Gasteiger partial charge in [-0.1, -0.05) is 37.3 Å². The Hall–Kier alpha value is -3.13. The van der Waals surface area contributed by atoms with Gasteiger partial charge >= 0.3 is 0 Å². The maximum Gasteiger partial charge on any atom is 0.212 e. The van der Waals surface area contributed by atoms with E-state index in [4.69, 9.17) is 10.5 Å². The summed E-state index contributed by atoms with van der Waals surface area (Å²) in [5.41, 5.74) is 6.74. The molecular weight excluding hydrogens is 596 g/mol. The maximum atomic E-state index is 15.1. The predicted octanol–water partition coefficient (Wildman–Crippen LogP) is 5.17. The van der Waals surface area contributed by atoms with Crippen LogP contribution < -0.4 is 20.5 Å². The van der Waals surface area contributed by atoms with Gasteiger partial charge in [-0.05, 0) is 74.0 Å². The molecule has 234 valence electrons. The van der Waals surface area contributed by atoms with Crippen molar-refractivity contribution >= 4 is 38.1 Å². The molecule has 1 aliphatic carbocycles. The number of hydrogen-bond donors (Lipinski definition) is 3. The van der Waals surface area contributed by atoms with Gasteiger partial charge in [-0.25, -0.2) is 26.9 Å². The molecule has 9 nitrogen and oxygen atoms in total. The summed E-state index contributed by atoms with van der Waals surface area (Å²) in [7, 11) is 0.102. The second-order valence-corrected chi connectivity index (χ2v) is 14.3. The number of aromatic nitrogens is 1. The van der Waals surface area contributed by atoms with Gasteiger partial charge in [-0.2, -0.15) is 0 Å². The third-order valence-electron chi connectivity index (χ3n) is 7.21. The highest BCUT2D eigenvalue weighted by molar-refractivity contribution is 7.89. The van der Waals surface area contributed by atoms with Crippen molar-refractivity contribution in [1.29, 1.82) is 0 Å². The summed E-state index contributed by atoms with van der Waals surface area (Å²) in [6, 6.07) is 9.76. The van der Waals surface area contributed by atoms with Crippen molar-refractivity contribution in [2.45, 2.75) is 64.7 Å². The van der Waals surface area contributed by atoms with Crippen molar-refractivity contribution in [3.63, 3.8) is 0 Å². The zero-order valence-electron chi connectivity index (χ0n) is 24.8. The average molecular weight is 636 g/mol. The van der Waals surface area contributed by atoms with Gasteiger partial charge in [0.1, 0.15) is 28.1 Å². The van der Waals surface area contributed by atoms with Crippen LogP contribution in [0.4, 0.5) is 19.7 Å². The average Bonchev–Trinajstić information content (AvgIpc) is 3.28. The summed E-state index contributed by atoms with van der Waals surface area (Å²) in [5, 5.41) is 3.63.